The van der Waals surface area contributed by atoms with Crippen LogP contribution in [0.3, 0.4) is 0 Å². The van der Waals surface area contributed by atoms with Crippen molar-refractivity contribution < 1.29 is 14.4 Å². The third kappa shape index (κ3) is 5.33. The molecule has 0 radical (unpaired) electrons. The summed E-state index contributed by atoms with van der Waals surface area (Å²) in [6, 6.07) is 8.82. The first-order valence-corrected chi connectivity index (χ1v) is 6.16. The SMILES string of the molecule is CNC(=O)C(Cc1ccccc1)NC(=O)CCC=O. The highest BCUT2D eigenvalue weighted by atomic mass is 16.2. The van der Waals surface area contributed by atoms with E-state index in [1.807, 2.05) is 30.3 Å². The van der Waals surface area contributed by atoms with Gasteiger partial charge in [-0.3, -0.25) is 9.59 Å². The molecule has 0 saturated carbocycles. The van der Waals surface area contributed by atoms with Gasteiger partial charge in [0.15, 0.2) is 0 Å². The Morgan fingerprint density at radius 2 is 1.95 bits per heavy atom. The molecule has 5 heteroatoms. The van der Waals surface area contributed by atoms with Gasteiger partial charge in [-0.2, -0.15) is 0 Å². The molecule has 0 saturated heterocycles. The van der Waals surface area contributed by atoms with Gasteiger partial charge in [0.1, 0.15) is 12.3 Å². The molecule has 1 aromatic carbocycles. The summed E-state index contributed by atoms with van der Waals surface area (Å²) in [5.74, 6) is -0.542. The lowest BCUT2D eigenvalue weighted by Gasteiger charge is -2.17. The average molecular weight is 262 g/mol. The van der Waals surface area contributed by atoms with Crippen molar-refractivity contribution in [3.05, 3.63) is 35.9 Å². The van der Waals surface area contributed by atoms with Crippen molar-refractivity contribution in [3.63, 3.8) is 0 Å². The Morgan fingerprint density at radius 1 is 1.26 bits per heavy atom. The molecule has 0 aliphatic rings. The molecule has 1 unspecified atom stereocenters. The number of carbonyl (C=O) groups excluding carboxylic acids is 3. The summed E-state index contributed by atoms with van der Waals surface area (Å²) in [7, 11) is 1.53. The standard InChI is InChI=1S/C14H18N2O3/c1-15-14(19)12(16-13(18)8-5-9-17)10-11-6-3-2-4-7-11/h2-4,6-7,9,12H,5,8,10H2,1H3,(H,15,19)(H,16,18). The van der Waals surface area contributed by atoms with Crippen LogP contribution in [0.5, 0.6) is 0 Å². The molecule has 2 amide bonds. The van der Waals surface area contributed by atoms with Crippen molar-refractivity contribution in [3.8, 4) is 0 Å². The minimum absolute atomic E-state index is 0.103. The molecular formula is C14H18N2O3. The molecular weight excluding hydrogens is 244 g/mol. The summed E-state index contributed by atoms with van der Waals surface area (Å²) in [6.07, 6.45) is 1.38. The molecule has 1 atom stereocenters. The second-order valence-corrected chi connectivity index (χ2v) is 4.13. The second kappa shape index (κ2) is 8.02. The zero-order chi connectivity index (χ0) is 14.1. The van der Waals surface area contributed by atoms with E-state index in [1.165, 1.54) is 7.05 Å². The minimum atomic E-state index is -0.619. The summed E-state index contributed by atoms with van der Waals surface area (Å²) in [5, 5.41) is 5.16. The average Bonchev–Trinajstić information content (AvgIpc) is 2.44. The molecule has 5 nitrogen and oxygen atoms in total. The fourth-order valence-corrected chi connectivity index (χ4v) is 1.69. The summed E-state index contributed by atoms with van der Waals surface area (Å²) in [4.78, 5) is 33.5. The van der Waals surface area contributed by atoms with E-state index < -0.39 is 6.04 Å². The van der Waals surface area contributed by atoms with E-state index >= 15 is 0 Å². The molecule has 0 fully saturated rings. The summed E-state index contributed by atoms with van der Waals surface area (Å²) in [5.41, 5.74) is 0.965. The topological polar surface area (TPSA) is 75.3 Å². The largest absolute Gasteiger partial charge is 0.357 e. The molecule has 0 spiro atoms. The summed E-state index contributed by atoms with van der Waals surface area (Å²) < 4.78 is 0. The van der Waals surface area contributed by atoms with Gasteiger partial charge in [-0.25, -0.2) is 0 Å². The molecule has 19 heavy (non-hydrogen) atoms. The maximum absolute atomic E-state index is 11.7. The Bertz CT molecular complexity index is 432. The van der Waals surface area contributed by atoms with E-state index in [2.05, 4.69) is 10.6 Å². The number of amides is 2. The van der Waals surface area contributed by atoms with Crippen molar-refractivity contribution in [1.29, 1.82) is 0 Å². The van der Waals surface area contributed by atoms with E-state index in [0.29, 0.717) is 12.7 Å². The van der Waals surface area contributed by atoms with Gasteiger partial charge in [0.05, 0.1) is 0 Å². The first kappa shape index (κ1) is 14.9. The molecule has 0 aliphatic heterocycles. The van der Waals surface area contributed by atoms with Crippen molar-refractivity contribution in [2.45, 2.75) is 25.3 Å². The van der Waals surface area contributed by atoms with E-state index in [1.54, 1.807) is 0 Å². The maximum Gasteiger partial charge on any atom is 0.242 e. The van der Waals surface area contributed by atoms with Gasteiger partial charge in [0.25, 0.3) is 0 Å². The Labute approximate surface area is 112 Å². The highest BCUT2D eigenvalue weighted by Crippen LogP contribution is 2.04. The highest BCUT2D eigenvalue weighted by Gasteiger charge is 2.19. The van der Waals surface area contributed by atoms with Gasteiger partial charge in [0.2, 0.25) is 11.8 Å². The molecule has 0 aliphatic carbocycles. The molecule has 1 aromatic rings. The summed E-state index contributed by atoms with van der Waals surface area (Å²) >= 11 is 0. The predicted octanol–water partition coefficient (Wildman–Crippen LogP) is 0.439. The van der Waals surface area contributed by atoms with Crippen LogP contribution in [0.1, 0.15) is 18.4 Å². The molecule has 2 N–H and O–H groups in total. The second-order valence-electron chi connectivity index (χ2n) is 4.13. The monoisotopic (exact) mass is 262 g/mol. The molecule has 0 aromatic heterocycles. The van der Waals surface area contributed by atoms with Crippen molar-refractivity contribution in [2.24, 2.45) is 0 Å². The van der Waals surface area contributed by atoms with Crippen LogP contribution in [0.4, 0.5) is 0 Å². The van der Waals surface area contributed by atoms with E-state index in [-0.39, 0.29) is 24.7 Å². The van der Waals surface area contributed by atoms with E-state index in [9.17, 15) is 14.4 Å². The number of benzene rings is 1. The lowest BCUT2D eigenvalue weighted by molar-refractivity contribution is -0.129. The van der Waals surface area contributed by atoms with Crippen LogP contribution in [-0.2, 0) is 20.8 Å². The third-order valence-corrected chi connectivity index (χ3v) is 2.67. The van der Waals surface area contributed by atoms with Crippen LogP contribution in [0.15, 0.2) is 30.3 Å². The smallest absolute Gasteiger partial charge is 0.242 e. The van der Waals surface area contributed by atoms with Gasteiger partial charge in [0, 0.05) is 26.3 Å². The third-order valence-electron chi connectivity index (χ3n) is 2.67. The predicted molar refractivity (Wildman–Crippen MR) is 71.4 cm³/mol. The number of aldehydes is 1. The van der Waals surface area contributed by atoms with Crippen molar-refractivity contribution in [2.75, 3.05) is 7.05 Å². The zero-order valence-electron chi connectivity index (χ0n) is 10.9. The fourth-order valence-electron chi connectivity index (χ4n) is 1.69. The Morgan fingerprint density at radius 3 is 2.53 bits per heavy atom. The number of hydrogen-bond donors (Lipinski definition) is 2. The van der Waals surface area contributed by atoms with E-state index in [0.717, 1.165) is 5.56 Å². The van der Waals surface area contributed by atoms with Crippen LogP contribution in [-0.4, -0.2) is 31.2 Å². The quantitative estimate of drug-likeness (QED) is 0.700. The minimum Gasteiger partial charge on any atom is -0.357 e. The zero-order valence-corrected chi connectivity index (χ0v) is 10.9. The lowest BCUT2D eigenvalue weighted by Crippen LogP contribution is -2.47. The van der Waals surface area contributed by atoms with Crippen LogP contribution in [0.2, 0.25) is 0 Å². The Balaban J connectivity index is 2.64. The first-order valence-electron chi connectivity index (χ1n) is 6.16. The first-order chi connectivity index (χ1) is 9.17. The van der Waals surface area contributed by atoms with Crippen LogP contribution in [0.25, 0.3) is 0 Å². The molecule has 0 heterocycles. The number of carbonyl (C=O) groups is 3. The molecule has 0 bridgehead atoms. The highest BCUT2D eigenvalue weighted by molar-refractivity contribution is 5.88. The van der Waals surface area contributed by atoms with Gasteiger partial charge < -0.3 is 15.4 Å². The number of rotatable bonds is 7. The van der Waals surface area contributed by atoms with Crippen LogP contribution < -0.4 is 10.6 Å². The molecule has 1 rings (SSSR count). The number of nitrogens with one attached hydrogen (secondary N) is 2. The van der Waals surface area contributed by atoms with Gasteiger partial charge in [-0.15, -0.1) is 0 Å². The maximum atomic E-state index is 11.7. The van der Waals surface area contributed by atoms with Crippen LogP contribution in [0, 0.1) is 0 Å². The Kier molecular flexibility index (Phi) is 6.29. The van der Waals surface area contributed by atoms with E-state index in [4.69, 9.17) is 0 Å². The lowest BCUT2D eigenvalue weighted by atomic mass is 10.1. The van der Waals surface area contributed by atoms with Gasteiger partial charge >= 0.3 is 0 Å². The van der Waals surface area contributed by atoms with Gasteiger partial charge in [-0.05, 0) is 5.56 Å². The molecule has 102 valence electrons. The number of likely N-dealkylation sites (N-methyl/N-ethyl adjacent to an activating group) is 1. The Hall–Kier alpha value is -2.17. The van der Waals surface area contributed by atoms with Crippen LogP contribution >= 0.6 is 0 Å². The van der Waals surface area contributed by atoms with Crippen molar-refractivity contribution in [1.82, 2.24) is 10.6 Å². The van der Waals surface area contributed by atoms with Crippen molar-refractivity contribution >= 4 is 18.1 Å². The fraction of sp³-hybridized carbons (Fsp3) is 0.357. The normalized spacial score (nSPS) is 11.4. The van der Waals surface area contributed by atoms with Gasteiger partial charge in [-0.1, -0.05) is 30.3 Å². The summed E-state index contributed by atoms with van der Waals surface area (Å²) in [6.45, 7) is 0. The number of hydrogen-bond acceptors (Lipinski definition) is 3.